The van der Waals surface area contributed by atoms with Crippen LogP contribution in [0.1, 0.15) is 64.7 Å². The number of nitrogens with zero attached hydrogens (tertiary/aromatic N) is 4. The van der Waals surface area contributed by atoms with Crippen LogP contribution >= 0.6 is 0 Å². The van der Waals surface area contributed by atoms with Gasteiger partial charge in [-0.2, -0.15) is 0 Å². The Balaban J connectivity index is 0.000000119. The largest absolute Gasteiger partial charge is 0.340 e. The zero-order valence-electron chi connectivity index (χ0n) is 21.3. The standard InChI is InChI=1S/C10H18N2O.2C8H16N2/c1-9(13)12-7-6-11-5-3-2-4-10(11)8-12;2*1-2-5-10-6-4-9-7-8(10)3-1/h10H,2-8H2,1H3;2*8-9H,1-7H2. The third-order valence-electron chi connectivity index (χ3n) is 8.69. The fourth-order valence-electron chi connectivity index (χ4n) is 6.60. The lowest BCUT2D eigenvalue weighted by molar-refractivity contribution is -0.132. The van der Waals surface area contributed by atoms with Crippen molar-refractivity contribution in [3.8, 4) is 0 Å². The van der Waals surface area contributed by atoms with Crippen molar-refractivity contribution < 1.29 is 4.79 Å². The molecule has 0 aromatic heterocycles. The molecule has 0 bridgehead atoms. The Hall–Kier alpha value is -0.730. The van der Waals surface area contributed by atoms with Gasteiger partial charge in [0.15, 0.2) is 0 Å². The van der Waals surface area contributed by atoms with Crippen LogP contribution in [0.2, 0.25) is 0 Å². The molecule has 190 valence electrons. The van der Waals surface area contributed by atoms with Gasteiger partial charge in [-0.15, -0.1) is 0 Å². The number of fused-ring (bicyclic) bond motifs is 3. The van der Waals surface area contributed by atoms with E-state index < -0.39 is 0 Å². The lowest BCUT2D eigenvalue weighted by atomic mass is 9.99. The van der Waals surface area contributed by atoms with Crippen LogP contribution in [0.25, 0.3) is 0 Å². The number of piperidine rings is 3. The first-order valence-electron chi connectivity index (χ1n) is 14.1. The monoisotopic (exact) mass is 462 g/mol. The third-order valence-corrected chi connectivity index (χ3v) is 8.69. The van der Waals surface area contributed by atoms with E-state index >= 15 is 0 Å². The number of hydrogen-bond acceptors (Lipinski definition) is 6. The molecular weight excluding hydrogens is 412 g/mol. The Kier molecular flexibility index (Phi) is 10.3. The van der Waals surface area contributed by atoms with E-state index in [1.807, 2.05) is 4.90 Å². The van der Waals surface area contributed by atoms with Crippen LogP contribution in [0.4, 0.5) is 0 Å². The second kappa shape index (κ2) is 13.4. The molecule has 3 unspecified atom stereocenters. The lowest BCUT2D eigenvalue weighted by Gasteiger charge is -2.43. The van der Waals surface area contributed by atoms with Crippen LogP contribution in [-0.4, -0.2) is 122 Å². The Morgan fingerprint density at radius 1 is 0.606 bits per heavy atom. The highest BCUT2D eigenvalue weighted by atomic mass is 16.2. The molecule has 0 radical (unpaired) electrons. The van der Waals surface area contributed by atoms with Crippen molar-refractivity contribution in [2.45, 2.75) is 82.8 Å². The Morgan fingerprint density at radius 2 is 1.09 bits per heavy atom. The van der Waals surface area contributed by atoms with E-state index in [1.165, 1.54) is 117 Å². The molecule has 3 atom stereocenters. The minimum absolute atomic E-state index is 0.241. The van der Waals surface area contributed by atoms with Crippen LogP contribution in [0, 0.1) is 0 Å². The van der Waals surface area contributed by atoms with E-state index in [1.54, 1.807) is 6.92 Å². The van der Waals surface area contributed by atoms with E-state index in [4.69, 9.17) is 0 Å². The van der Waals surface area contributed by atoms with Crippen LogP contribution in [0.3, 0.4) is 0 Å². The second-order valence-electron chi connectivity index (χ2n) is 10.9. The molecule has 33 heavy (non-hydrogen) atoms. The maximum absolute atomic E-state index is 11.2. The summed E-state index contributed by atoms with van der Waals surface area (Å²) in [6.07, 6.45) is 12.6. The Bertz CT molecular complexity index is 509. The summed E-state index contributed by atoms with van der Waals surface area (Å²) in [5, 5.41) is 6.88. The highest BCUT2D eigenvalue weighted by molar-refractivity contribution is 5.73. The molecule has 6 heterocycles. The first-order valence-corrected chi connectivity index (χ1v) is 14.1. The van der Waals surface area contributed by atoms with Crippen molar-refractivity contribution in [1.29, 1.82) is 0 Å². The summed E-state index contributed by atoms with van der Waals surface area (Å²) in [5.74, 6) is 0.241. The highest BCUT2D eigenvalue weighted by Gasteiger charge is 2.29. The van der Waals surface area contributed by atoms with Gasteiger partial charge in [0.1, 0.15) is 0 Å². The molecule has 6 rings (SSSR count). The number of hydrogen-bond donors (Lipinski definition) is 2. The molecule has 6 aliphatic heterocycles. The average Bonchev–Trinajstić information content (AvgIpc) is 2.89. The van der Waals surface area contributed by atoms with Gasteiger partial charge in [-0.3, -0.25) is 19.5 Å². The average molecular weight is 463 g/mol. The number of piperazine rings is 3. The first kappa shape index (κ1) is 25.4. The number of carbonyl (C=O) groups excluding carboxylic acids is 1. The molecular formula is C26H50N6O. The van der Waals surface area contributed by atoms with Crippen molar-refractivity contribution in [2.24, 2.45) is 0 Å². The number of carbonyl (C=O) groups is 1. The zero-order valence-corrected chi connectivity index (χ0v) is 21.3. The maximum atomic E-state index is 11.2. The van der Waals surface area contributed by atoms with Crippen molar-refractivity contribution in [1.82, 2.24) is 30.2 Å². The lowest BCUT2D eigenvalue weighted by Crippen LogP contribution is -2.55. The van der Waals surface area contributed by atoms with Gasteiger partial charge in [0, 0.05) is 84.0 Å². The smallest absolute Gasteiger partial charge is 0.219 e. The normalized spacial score (nSPS) is 33.2. The molecule has 1 amide bonds. The van der Waals surface area contributed by atoms with Crippen molar-refractivity contribution in [3.63, 3.8) is 0 Å². The van der Waals surface area contributed by atoms with Gasteiger partial charge in [0.05, 0.1) is 0 Å². The number of nitrogens with one attached hydrogen (secondary N) is 2. The third kappa shape index (κ3) is 7.63. The van der Waals surface area contributed by atoms with Crippen LogP contribution in [-0.2, 0) is 4.79 Å². The second-order valence-corrected chi connectivity index (χ2v) is 10.9. The van der Waals surface area contributed by atoms with Gasteiger partial charge in [-0.1, -0.05) is 19.3 Å². The topological polar surface area (TPSA) is 54.1 Å². The summed E-state index contributed by atoms with van der Waals surface area (Å²) in [7, 11) is 0. The SMILES string of the molecule is C1CCN2CCNCC2C1.C1CCN2CCNCC2C1.CC(=O)N1CCN2CCCCC2C1. The van der Waals surface area contributed by atoms with Gasteiger partial charge < -0.3 is 15.5 Å². The van der Waals surface area contributed by atoms with Crippen molar-refractivity contribution in [2.75, 3.05) is 78.5 Å². The van der Waals surface area contributed by atoms with Gasteiger partial charge in [0.25, 0.3) is 0 Å². The quantitative estimate of drug-likeness (QED) is 0.570. The van der Waals surface area contributed by atoms with E-state index in [2.05, 4.69) is 25.3 Å². The molecule has 0 aromatic rings. The summed E-state index contributed by atoms with van der Waals surface area (Å²) in [6, 6.07) is 2.41. The van der Waals surface area contributed by atoms with Gasteiger partial charge in [-0.05, 0) is 58.2 Å². The summed E-state index contributed by atoms with van der Waals surface area (Å²) < 4.78 is 0. The number of amides is 1. The highest BCUT2D eigenvalue weighted by Crippen LogP contribution is 2.21. The van der Waals surface area contributed by atoms with Crippen LogP contribution in [0.5, 0.6) is 0 Å². The molecule has 2 N–H and O–H groups in total. The molecule has 7 heteroatoms. The fourth-order valence-corrected chi connectivity index (χ4v) is 6.60. The first-order chi connectivity index (χ1) is 16.2. The van der Waals surface area contributed by atoms with Crippen LogP contribution < -0.4 is 10.6 Å². The van der Waals surface area contributed by atoms with Gasteiger partial charge >= 0.3 is 0 Å². The van der Waals surface area contributed by atoms with E-state index in [9.17, 15) is 4.79 Å². The molecule has 6 saturated heterocycles. The molecule has 0 aromatic carbocycles. The van der Waals surface area contributed by atoms with Gasteiger partial charge in [0.2, 0.25) is 5.91 Å². The van der Waals surface area contributed by atoms with E-state index in [0.717, 1.165) is 31.7 Å². The molecule has 6 fully saturated rings. The summed E-state index contributed by atoms with van der Waals surface area (Å²) in [6.45, 7) is 16.1. The number of rotatable bonds is 0. The molecule has 0 spiro atoms. The summed E-state index contributed by atoms with van der Waals surface area (Å²) in [5.41, 5.74) is 0. The zero-order chi connectivity index (χ0) is 22.9. The van der Waals surface area contributed by atoms with Gasteiger partial charge in [-0.25, -0.2) is 0 Å². The summed E-state index contributed by atoms with van der Waals surface area (Å²) >= 11 is 0. The van der Waals surface area contributed by atoms with E-state index in [-0.39, 0.29) is 5.91 Å². The molecule has 0 saturated carbocycles. The Morgan fingerprint density at radius 3 is 1.58 bits per heavy atom. The van der Waals surface area contributed by atoms with Crippen LogP contribution in [0.15, 0.2) is 0 Å². The summed E-state index contributed by atoms with van der Waals surface area (Å²) in [4.78, 5) is 21.0. The minimum atomic E-state index is 0.241. The Labute approximate surface area is 202 Å². The predicted octanol–water partition coefficient (Wildman–Crippen LogP) is 1.59. The maximum Gasteiger partial charge on any atom is 0.219 e. The minimum Gasteiger partial charge on any atom is -0.340 e. The van der Waals surface area contributed by atoms with Crippen molar-refractivity contribution >= 4 is 5.91 Å². The fraction of sp³-hybridized carbons (Fsp3) is 0.962. The molecule has 6 aliphatic rings. The predicted molar refractivity (Wildman–Crippen MR) is 136 cm³/mol. The molecule has 7 nitrogen and oxygen atoms in total. The molecule has 0 aliphatic carbocycles. The van der Waals surface area contributed by atoms with Crippen molar-refractivity contribution in [3.05, 3.63) is 0 Å². The van der Waals surface area contributed by atoms with E-state index in [0.29, 0.717) is 6.04 Å².